The van der Waals surface area contributed by atoms with Gasteiger partial charge in [-0.15, -0.1) is 0 Å². The van der Waals surface area contributed by atoms with E-state index >= 15 is 0 Å². The third kappa shape index (κ3) is 1.85. The molecule has 0 bridgehead atoms. The van der Waals surface area contributed by atoms with E-state index in [1.54, 1.807) is 12.1 Å². The molecule has 0 spiro atoms. The van der Waals surface area contributed by atoms with Gasteiger partial charge in [-0.2, -0.15) is 4.57 Å². The molecule has 0 saturated heterocycles. The predicted octanol–water partition coefficient (Wildman–Crippen LogP) is 3.10. The first kappa shape index (κ1) is 7.61. The molecular weight excluding hydrogens is 194 g/mol. The van der Waals surface area contributed by atoms with Crippen molar-refractivity contribution >= 4 is 0 Å². The van der Waals surface area contributed by atoms with Crippen LogP contribution in [0.15, 0.2) is 36.4 Å². The highest BCUT2D eigenvalue weighted by Gasteiger charge is 2.13. The Labute approximate surface area is 102 Å². The molecule has 0 aliphatic carbocycles. The van der Waals surface area contributed by atoms with Crippen LogP contribution in [-0.2, 0) is 7.05 Å². The Hall–Kier alpha value is -1.63. The van der Waals surface area contributed by atoms with Crippen molar-refractivity contribution in [2.45, 2.75) is 20.7 Å². The van der Waals surface area contributed by atoms with Gasteiger partial charge in [0.2, 0.25) is 5.69 Å². The Balaban J connectivity index is 2.65. The van der Waals surface area contributed by atoms with Gasteiger partial charge in [-0.1, -0.05) is 17.7 Å². The monoisotopic (exact) mass is 215 g/mol. The van der Waals surface area contributed by atoms with Gasteiger partial charge in [0.05, 0.1) is 0 Å². The quantitative estimate of drug-likeness (QED) is 0.644. The molecular formula is C15H18N+. The van der Waals surface area contributed by atoms with Gasteiger partial charge in [0, 0.05) is 28.7 Å². The summed E-state index contributed by atoms with van der Waals surface area (Å²) < 4.78 is 24.6. The van der Waals surface area contributed by atoms with E-state index in [0.29, 0.717) is 5.56 Å². The van der Waals surface area contributed by atoms with E-state index in [1.165, 1.54) is 0 Å². The van der Waals surface area contributed by atoms with Gasteiger partial charge in [0.25, 0.3) is 0 Å². The zero-order valence-corrected chi connectivity index (χ0v) is 9.91. The number of aromatic nitrogens is 1. The average Bonchev–Trinajstić information content (AvgIpc) is 2.32. The minimum Gasteiger partial charge on any atom is -0.199 e. The SMILES string of the molecule is [2H]C([2H])([2H])c1ccc(C)c(-c2cccc(C)[n+]2C)c1. The first-order chi connectivity index (χ1) is 8.80. The Bertz CT molecular complexity index is 615. The zero-order valence-electron chi connectivity index (χ0n) is 12.9. The molecule has 0 aliphatic rings. The smallest absolute Gasteiger partial charge is 0.199 e. The highest BCUT2D eigenvalue weighted by molar-refractivity contribution is 5.61. The van der Waals surface area contributed by atoms with E-state index in [1.807, 2.05) is 45.2 Å². The van der Waals surface area contributed by atoms with Crippen molar-refractivity contribution < 1.29 is 8.68 Å². The molecule has 0 aliphatic heterocycles. The zero-order chi connectivity index (χ0) is 14.2. The van der Waals surface area contributed by atoms with Crippen LogP contribution in [0.2, 0.25) is 0 Å². The predicted molar refractivity (Wildman–Crippen MR) is 67.3 cm³/mol. The minimum absolute atomic E-state index is 0.384. The maximum Gasteiger partial charge on any atom is 0.212 e. The van der Waals surface area contributed by atoms with E-state index in [4.69, 9.17) is 4.11 Å². The van der Waals surface area contributed by atoms with E-state index in [-0.39, 0.29) is 0 Å². The summed E-state index contributed by atoms with van der Waals surface area (Å²) in [5, 5.41) is 0. The summed E-state index contributed by atoms with van der Waals surface area (Å²) in [6.07, 6.45) is 0. The van der Waals surface area contributed by atoms with Crippen LogP contribution in [0, 0.1) is 20.7 Å². The lowest BCUT2D eigenvalue weighted by Gasteiger charge is -2.06. The Morgan fingerprint density at radius 3 is 2.69 bits per heavy atom. The summed E-state index contributed by atoms with van der Waals surface area (Å²) in [7, 11) is 1.99. The molecule has 0 N–H and O–H groups in total. The van der Waals surface area contributed by atoms with Gasteiger partial charge in [-0.05, 0) is 31.5 Å². The van der Waals surface area contributed by atoms with Gasteiger partial charge >= 0.3 is 0 Å². The van der Waals surface area contributed by atoms with E-state index in [9.17, 15) is 0 Å². The van der Waals surface area contributed by atoms with Gasteiger partial charge < -0.3 is 0 Å². The fraction of sp³-hybridized carbons (Fsp3) is 0.267. The molecule has 2 aromatic rings. The van der Waals surface area contributed by atoms with Crippen molar-refractivity contribution in [3.63, 3.8) is 0 Å². The second kappa shape index (κ2) is 4.09. The van der Waals surface area contributed by atoms with Crippen LogP contribution in [0.4, 0.5) is 0 Å². The van der Waals surface area contributed by atoms with Crippen LogP contribution < -0.4 is 4.57 Å². The number of hydrogen-bond acceptors (Lipinski definition) is 0. The van der Waals surface area contributed by atoms with Crippen molar-refractivity contribution in [3.8, 4) is 11.3 Å². The van der Waals surface area contributed by atoms with E-state index in [0.717, 1.165) is 22.5 Å². The van der Waals surface area contributed by atoms with Crippen LogP contribution >= 0.6 is 0 Å². The van der Waals surface area contributed by atoms with Crippen molar-refractivity contribution in [1.82, 2.24) is 0 Å². The second-order valence-corrected chi connectivity index (χ2v) is 4.14. The summed E-state index contributed by atoms with van der Waals surface area (Å²) >= 11 is 0. The molecule has 0 fully saturated rings. The van der Waals surface area contributed by atoms with Crippen LogP contribution in [-0.4, -0.2) is 0 Å². The van der Waals surface area contributed by atoms with Crippen molar-refractivity contribution in [2.24, 2.45) is 7.05 Å². The second-order valence-electron chi connectivity index (χ2n) is 4.14. The van der Waals surface area contributed by atoms with Gasteiger partial charge in [-0.25, -0.2) is 0 Å². The number of rotatable bonds is 1. The summed E-state index contributed by atoms with van der Waals surface area (Å²) in [5.74, 6) is 0. The fourth-order valence-electron chi connectivity index (χ4n) is 1.86. The lowest BCUT2D eigenvalue weighted by molar-refractivity contribution is -0.666. The lowest BCUT2D eigenvalue weighted by Crippen LogP contribution is -2.34. The molecule has 1 aromatic carbocycles. The normalized spacial score (nSPS) is 14.1. The molecule has 0 amide bonds. The molecule has 2 rings (SSSR count). The third-order valence-electron chi connectivity index (χ3n) is 3.00. The molecule has 82 valence electrons. The molecule has 1 heteroatoms. The van der Waals surface area contributed by atoms with Gasteiger partial charge in [0.1, 0.15) is 7.05 Å². The summed E-state index contributed by atoms with van der Waals surface area (Å²) in [6, 6.07) is 11.4. The minimum atomic E-state index is -2.06. The maximum absolute atomic E-state index is 7.52. The first-order valence-electron chi connectivity index (χ1n) is 6.88. The molecule has 0 unspecified atom stereocenters. The molecule has 1 nitrogen and oxygen atoms in total. The standard InChI is InChI=1S/C15H18N/c1-11-8-9-12(2)14(10-11)15-7-5-6-13(3)16(15)4/h5-10H,1-4H3/q+1/i1D3. The summed E-state index contributed by atoms with van der Waals surface area (Å²) in [6.45, 7) is 1.97. The molecule has 0 radical (unpaired) electrons. The number of nitrogens with zero attached hydrogens (tertiary/aromatic N) is 1. The Morgan fingerprint density at radius 1 is 1.12 bits per heavy atom. The van der Waals surface area contributed by atoms with E-state index in [2.05, 4.69) is 4.57 Å². The Morgan fingerprint density at radius 2 is 1.94 bits per heavy atom. The summed E-state index contributed by atoms with van der Waals surface area (Å²) in [4.78, 5) is 0. The summed E-state index contributed by atoms with van der Waals surface area (Å²) in [5.41, 5.74) is 4.60. The molecule has 0 atom stereocenters. The van der Waals surface area contributed by atoms with E-state index < -0.39 is 6.85 Å². The molecule has 1 aromatic heterocycles. The van der Waals surface area contributed by atoms with Crippen molar-refractivity contribution in [2.75, 3.05) is 0 Å². The number of hydrogen-bond donors (Lipinski definition) is 0. The third-order valence-corrected chi connectivity index (χ3v) is 3.00. The number of benzene rings is 1. The van der Waals surface area contributed by atoms with Crippen LogP contribution in [0.25, 0.3) is 11.3 Å². The van der Waals surface area contributed by atoms with Crippen LogP contribution in [0.1, 0.15) is 20.9 Å². The number of pyridine rings is 1. The largest absolute Gasteiger partial charge is 0.212 e. The number of aryl methyl sites for hydroxylation is 3. The maximum atomic E-state index is 7.52. The molecule has 16 heavy (non-hydrogen) atoms. The topological polar surface area (TPSA) is 3.88 Å². The average molecular weight is 215 g/mol. The van der Waals surface area contributed by atoms with Crippen molar-refractivity contribution in [1.29, 1.82) is 0 Å². The van der Waals surface area contributed by atoms with Gasteiger partial charge in [-0.3, -0.25) is 0 Å². The van der Waals surface area contributed by atoms with Crippen LogP contribution in [0.3, 0.4) is 0 Å². The van der Waals surface area contributed by atoms with Gasteiger partial charge in [0.15, 0.2) is 5.69 Å². The van der Waals surface area contributed by atoms with Crippen LogP contribution in [0.5, 0.6) is 0 Å². The lowest BCUT2D eigenvalue weighted by atomic mass is 10.0. The Kier molecular flexibility index (Phi) is 1.95. The molecule has 1 heterocycles. The fourth-order valence-corrected chi connectivity index (χ4v) is 1.86. The van der Waals surface area contributed by atoms with Crippen molar-refractivity contribution in [3.05, 3.63) is 53.2 Å². The highest BCUT2D eigenvalue weighted by Crippen LogP contribution is 2.21. The first-order valence-corrected chi connectivity index (χ1v) is 5.38. The molecule has 0 saturated carbocycles. The highest BCUT2D eigenvalue weighted by atomic mass is 14.9.